The van der Waals surface area contributed by atoms with Gasteiger partial charge in [0, 0.05) is 38.2 Å². The first-order valence-corrected chi connectivity index (χ1v) is 14.1. The number of fused-ring (bicyclic) bond motifs is 1. The second-order valence-electron chi connectivity index (χ2n) is 9.21. The Morgan fingerprint density at radius 3 is 2.26 bits per heavy atom. The van der Waals surface area contributed by atoms with Crippen molar-refractivity contribution in [2.24, 2.45) is 0 Å². The molecule has 0 saturated carbocycles. The average molecular weight is 530 g/mol. The number of rotatable bonds is 10. The molecule has 0 radical (unpaired) electrons. The predicted molar refractivity (Wildman–Crippen MR) is 149 cm³/mol. The van der Waals surface area contributed by atoms with Crippen molar-refractivity contribution >= 4 is 21.8 Å². The normalized spacial score (nSPS) is 13.5. The molecule has 1 aromatic heterocycles. The van der Waals surface area contributed by atoms with Crippen molar-refractivity contribution in [3.8, 4) is 5.75 Å². The lowest BCUT2D eigenvalue weighted by atomic mass is 10.1. The van der Waals surface area contributed by atoms with Crippen LogP contribution < -0.4 is 14.8 Å². The fourth-order valence-corrected chi connectivity index (χ4v) is 5.55. The number of methoxy groups -OCH3 is 1. The van der Waals surface area contributed by atoms with Crippen LogP contribution in [-0.2, 0) is 36.0 Å². The third kappa shape index (κ3) is 6.30. The molecule has 0 saturated heterocycles. The lowest BCUT2D eigenvalue weighted by Crippen LogP contribution is -2.32. The van der Waals surface area contributed by atoms with Crippen LogP contribution in [0.3, 0.4) is 0 Å². The van der Waals surface area contributed by atoms with Gasteiger partial charge in [0.15, 0.2) is 0 Å². The minimum absolute atomic E-state index is 0.140. The summed E-state index contributed by atoms with van der Waals surface area (Å²) in [6.07, 6.45) is 1.51. The molecule has 0 fully saturated rings. The molecule has 0 aliphatic carbocycles. The fraction of sp³-hybridized carbons (Fsp3) is 0.241. The molecule has 2 N–H and O–H groups in total. The largest absolute Gasteiger partial charge is 0.497 e. The zero-order valence-electron chi connectivity index (χ0n) is 21.3. The Kier molecular flexibility index (Phi) is 7.86. The van der Waals surface area contributed by atoms with E-state index in [9.17, 15) is 8.42 Å². The Bertz CT molecular complexity index is 1460. The van der Waals surface area contributed by atoms with Gasteiger partial charge in [-0.3, -0.25) is 9.62 Å². The van der Waals surface area contributed by atoms with Gasteiger partial charge in [0.2, 0.25) is 5.95 Å². The molecule has 1 aliphatic heterocycles. The average Bonchev–Trinajstić information content (AvgIpc) is 2.94. The highest BCUT2D eigenvalue weighted by molar-refractivity contribution is 7.92. The second-order valence-corrected chi connectivity index (χ2v) is 10.9. The smallest absolute Gasteiger partial charge is 0.263 e. The topological polar surface area (TPSA) is 96.5 Å². The number of sulfonamides is 1. The van der Waals surface area contributed by atoms with Gasteiger partial charge in [-0.2, -0.15) is 4.98 Å². The minimum atomic E-state index is -3.87. The van der Waals surface area contributed by atoms with Gasteiger partial charge in [0.1, 0.15) is 11.6 Å². The van der Waals surface area contributed by atoms with E-state index in [0.29, 0.717) is 37.0 Å². The van der Waals surface area contributed by atoms with Gasteiger partial charge in [0.25, 0.3) is 10.0 Å². The van der Waals surface area contributed by atoms with E-state index in [1.807, 2.05) is 36.4 Å². The molecule has 38 heavy (non-hydrogen) atoms. The lowest BCUT2D eigenvalue weighted by molar-refractivity contribution is 0.243. The third-order valence-electron chi connectivity index (χ3n) is 6.53. The summed E-state index contributed by atoms with van der Waals surface area (Å²) >= 11 is 0. The van der Waals surface area contributed by atoms with Crippen LogP contribution in [0.4, 0.5) is 11.8 Å². The summed E-state index contributed by atoms with van der Waals surface area (Å²) in [7, 11) is -2.33. The van der Waals surface area contributed by atoms with Crippen molar-refractivity contribution in [1.29, 1.82) is 0 Å². The van der Waals surface area contributed by atoms with Crippen LogP contribution in [0.1, 0.15) is 22.4 Å². The van der Waals surface area contributed by atoms with Crippen LogP contribution in [0.15, 0.2) is 89.8 Å². The first kappa shape index (κ1) is 25.7. The Morgan fingerprint density at radius 1 is 0.895 bits per heavy atom. The maximum Gasteiger partial charge on any atom is 0.263 e. The highest BCUT2D eigenvalue weighted by Crippen LogP contribution is 2.28. The number of ether oxygens (including phenoxy) is 1. The highest BCUT2D eigenvalue weighted by Gasteiger charge is 2.26. The van der Waals surface area contributed by atoms with Crippen molar-refractivity contribution in [2.45, 2.75) is 30.8 Å². The van der Waals surface area contributed by atoms with Crippen LogP contribution >= 0.6 is 0 Å². The Balaban J connectivity index is 1.40. The molecule has 4 aromatic rings. The summed E-state index contributed by atoms with van der Waals surface area (Å²) in [5.74, 6) is 1.32. The third-order valence-corrected chi connectivity index (χ3v) is 7.88. The summed E-state index contributed by atoms with van der Waals surface area (Å²) in [6.45, 7) is 2.78. The van der Waals surface area contributed by atoms with E-state index >= 15 is 0 Å². The lowest BCUT2D eigenvalue weighted by Gasteiger charge is -2.29. The van der Waals surface area contributed by atoms with Gasteiger partial charge < -0.3 is 10.1 Å². The van der Waals surface area contributed by atoms with Crippen LogP contribution in [0.2, 0.25) is 0 Å². The van der Waals surface area contributed by atoms with Crippen molar-refractivity contribution in [3.05, 3.63) is 107 Å². The van der Waals surface area contributed by atoms with E-state index in [1.54, 1.807) is 19.2 Å². The first-order chi connectivity index (χ1) is 18.5. The van der Waals surface area contributed by atoms with Gasteiger partial charge in [0.05, 0.1) is 17.7 Å². The first-order valence-electron chi connectivity index (χ1n) is 12.6. The van der Waals surface area contributed by atoms with Gasteiger partial charge in [-0.25, -0.2) is 13.4 Å². The maximum atomic E-state index is 13.3. The molecular weight excluding hydrogens is 498 g/mol. The van der Waals surface area contributed by atoms with Crippen LogP contribution in [-0.4, -0.2) is 43.5 Å². The van der Waals surface area contributed by atoms with Gasteiger partial charge >= 0.3 is 0 Å². The Labute approximate surface area is 223 Å². The molecule has 5 rings (SSSR count). The highest BCUT2D eigenvalue weighted by atomic mass is 32.2. The number of nitrogens with one attached hydrogen (secondary N) is 2. The number of aromatic nitrogens is 2. The zero-order chi connectivity index (χ0) is 26.4. The molecular formula is C29H31N5O3S. The summed E-state index contributed by atoms with van der Waals surface area (Å²) in [4.78, 5) is 11.8. The monoisotopic (exact) mass is 529 g/mol. The van der Waals surface area contributed by atoms with E-state index < -0.39 is 10.0 Å². The van der Waals surface area contributed by atoms with E-state index in [0.717, 1.165) is 30.8 Å². The van der Waals surface area contributed by atoms with E-state index in [1.165, 1.54) is 23.3 Å². The molecule has 9 heteroatoms. The second kappa shape index (κ2) is 11.6. The van der Waals surface area contributed by atoms with Crippen molar-refractivity contribution in [3.63, 3.8) is 0 Å². The van der Waals surface area contributed by atoms with Gasteiger partial charge in [-0.05, 0) is 41.8 Å². The van der Waals surface area contributed by atoms with E-state index in [-0.39, 0.29) is 4.90 Å². The number of benzene rings is 3. The van der Waals surface area contributed by atoms with Crippen molar-refractivity contribution in [1.82, 2.24) is 14.9 Å². The molecule has 0 bridgehead atoms. The van der Waals surface area contributed by atoms with Crippen molar-refractivity contribution < 1.29 is 13.2 Å². The van der Waals surface area contributed by atoms with Gasteiger partial charge in [-0.1, -0.05) is 60.7 Å². The molecule has 2 heterocycles. The van der Waals surface area contributed by atoms with Gasteiger partial charge in [-0.15, -0.1) is 0 Å². The molecule has 0 amide bonds. The van der Waals surface area contributed by atoms with E-state index in [2.05, 4.69) is 44.2 Å². The number of hydrogen-bond acceptors (Lipinski definition) is 7. The van der Waals surface area contributed by atoms with Crippen LogP contribution in [0.25, 0.3) is 0 Å². The Hall–Kier alpha value is -3.95. The molecule has 0 spiro atoms. The quantitative estimate of drug-likeness (QED) is 0.312. The van der Waals surface area contributed by atoms with Crippen LogP contribution in [0, 0.1) is 0 Å². The number of anilines is 2. The minimum Gasteiger partial charge on any atom is -0.497 e. The summed E-state index contributed by atoms with van der Waals surface area (Å²) < 4.78 is 34.6. The number of hydrogen-bond donors (Lipinski definition) is 2. The summed E-state index contributed by atoms with van der Waals surface area (Å²) in [5.41, 5.74) is 4.07. The van der Waals surface area contributed by atoms with Crippen LogP contribution in [0.5, 0.6) is 5.75 Å². The maximum absolute atomic E-state index is 13.3. The van der Waals surface area contributed by atoms with E-state index in [4.69, 9.17) is 9.72 Å². The standard InChI is InChI=1S/C29H31N5O3S/c1-37-24-12-14-25(15-13-24)38(35,36)33-28-26-21-34(20-23-10-6-3-7-11-23)19-17-27(26)31-29(32-28)30-18-16-22-8-4-2-5-9-22/h2-15H,16-21H2,1H3,(H2,30,31,32,33). The molecule has 8 nitrogen and oxygen atoms in total. The molecule has 1 aliphatic rings. The molecule has 3 aromatic carbocycles. The fourth-order valence-electron chi connectivity index (χ4n) is 4.51. The SMILES string of the molecule is COc1ccc(S(=O)(=O)Nc2nc(NCCc3ccccc3)nc3c2CN(Cc2ccccc2)CC3)cc1. The van der Waals surface area contributed by atoms with Crippen molar-refractivity contribution in [2.75, 3.05) is 30.2 Å². The number of nitrogens with zero attached hydrogens (tertiary/aromatic N) is 3. The molecule has 196 valence electrons. The Morgan fingerprint density at radius 2 is 1.58 bits per heavy atom. The molecule has 0 unspecified atom stereocenters. The summed E-state index contributed by atoms with van der Waals surface area (Å²) in [6, 6.07) is 26.7. The molecule has 0 atom stereocenters. The zero-order valence-corrected chi connectivity index (χ0v) is 22.1. The predicted octanol–water partition coefficient (Wildman–Crippen LogP) is 4.50. The summed E-state index contributed by atoms with van der Waals surface area (Å²) in [5, 5.41) is 3.29.